The highest BCUT2D eigenvalue weighted by molar-refractivity contribution is 6.38. The van der Waals surface area contributed by atoms with Crippen LogP contribution in [0.25, 0.3) is 0 Å². The lowest BCUT2D eigenvalue weighted by Gasteiger charge is -2.46. The van der Waals surface area contributed by atoms with Crippen LogP contribution in [0.4, 0.5) is 0 Å². The predicted molar refractivity (Wildman–Crippen MR) is 59.7 cm³/mol. The number of ketones is 1. The Morgan fingerprint density at radius 1 is 1.27 bits per heavy atom. The topological polar surface area (TPSA) is 17.1 Å². The van der Waals surface area contributed by atoms with Crippen molar-refractivity contribution in [2.45, 2.75) is 11.3 Å². The Morgan fingerprint density at radius 3 is 2.73 bits per heavy atom. The number of allylic oxidation sites excluding steroid dienone is 2. The van der Waals surface area contributed by atoms with Gasteiger partial charge in [0.2, 0.25) is 0 Å². The second-order valence-electron chi connectivity index (χ2n) is 4.24. The van der Waals surface area contributed by atoms with Gasteiger partial charge in [-0.1, -0.05) is 42.5 Å². The normalized spacial score (nSPS) is 37.5. The second-order valence-corrected chi connectivity index (χ2v) is 4.83. The smallest absolute Gasteiger partial charge is 0.162 e. The molecule has 0 bridgehead atoms. The van der Waals surface area contributed by atoms with E-state index in [-0.39, 0.29) is 17.6 Å². The summed E-state index contributed by atoms with van der Waals surface area (Å²) in [6.45, 7) is 0. The third kappa shape index (κ3) is 1.02. The van der Waals surface area contributed by atoms with Gasteiger partial charge in [0.15, 0.2) is 5.78 Å². The minimum Gasteiger partial charge on any atom is -0.297 e. The van der Waals surface area contributed by atoms with Crippen LogP contribution >= 0.6 is 11.6 Å². The molecule has 2 heteroatoms. The largest absolute Gasteiger partial charge is 0.297 e. The van der Waals surface area contributed by atoms with Crippen LogP contribution in [0.3, 0.4) is 0 Å². The van der Waals surface area contributed by atoms with E-state index in [2.05, 4.69) is 12.2 Å². The van der Waals surface area contributed by atoms with Gasteiger partial charge in [0.05, 0.1) is 0 Å². The minimum absolute atomic E-state index is 0.141. The number of carbonyl (C=O) groups is 1. The number of benzene rings is 1. The molecule has 76 valence electrons. The molecule has 3 unspecified atom stereocenters. The van der Waals surface area contributed by atoms with Crippen molar-refractivity contribution in [1.82, 2.24) is 0 Å². The van der Waals surface area contributed by atoms with Crippen LogP contribution in [0.15, 0.2) is 42.5 Å². The van der Waals surface area contributed by atoms with Crippen molar-refractivity contribution in [3.8, 4) is 0 Å². The van der Waals surface area contributed by atoms with Crippen LogP contribution in [0, 0.1) is 11.8 Å². The van der Waals surface area contributed by atoms with Crippen molar-refractivity contribution < 1.29 is 4.79 Å². The lowest BCUT2D eigenvalue weighted by atomic mass is 9.62. The molecule has 0 aliphatic heterocycles. The standard InChI is InChI=1S/C13H11ClO/c14-13(9-5-2-1-3-6-9)11-8-4-7-10(11)12(13)15/h1-6,8,10-11H,7H2. The van der Waals surface area contributed by atoms with Gasteiger partial charge < -0.3 is 0 Å². The molecule has 3 rings (SSSR count). The maximum absolute atomic E-state index is 12.0. The summed E-state index contributed by atoms with van der Waals surface area (Å²) in [5, 5.41) is 0. The van der Waals surface area contributed by atoms with Crippen molar-refractivity contribution in [3.63, 3.8) is 0 Å². The molecule has 1 saturated carbocycles. The number of Topliss-reactive ketones (excluding diaryl/α,β-unsaturated/α-hetero) is 1. The summed E-state index contributed by atoms with van der Waals surface area (Å²) in [7, 11) is 0. The number of hydrogen-bond acceptors (Lipinski definition) is 1. The van der Waals surface area contributed by atoms with Gasteiger partial charge in [-0.15, -0.1) is 11.6 Å². The summed E-state index contributed by atoms with van der Waals surface area (Å²) in [5.74, 6) is 0.530. The minimum atomic E-state index is -0.779. The summed E-state index contributed by atoms with van der Waals surface area (Å²) in [5.41, 5.74) is 0.935. The molecule has 1 fully saturated rings. The monoisotopic (exact) mass is 218 g/mol. The van der Waals surface area contributed by atoms with Crippen molar-refractivity contribution in [2.24, 2.45) is 11.8 Å². The third-order valence-corrected chi connectivity index (χ3v) is 4.17. The molecule has 0 spiro atoms. The van der Waals surface area contributed by atoms with Gasteiger partial charge in [-0.3, -0.25) is 4.79 Å². The Hall–Kier alpha value is -1.08. The number of hydrogen-bond donors (Lipinski definition) is 0. The van der Waals surface area contributed by atoms with Crippen molar-refractivity contribution in [3.05, 3.63) is 48.0 Å². The maximum Gasteiger partial charge on any atom is 0.162 e. The lowest BCUT2D eigenvalue weighted by Crippen LogP contribution is -2.55. The van der Waals surface area contributed by atoms with Gasteiger partial charge in [-0.2, -0.15) is 0 Å². The molecule has 15 heavy (non-hydrogen) atoms. The highest BCUT2D eigenvalue weighted by atomic mass is 35.5. The lowest BCUT2D eigenvalue weighted by molar-refractivity contribution is -0.137. The molecule has 0 aromatic heterocycles. The number of halogens is 1. The zero-order valence-corrected chi connectivity index (χ0v) is 8.95. The van der Waals surface area contributed by atoms with E-state index in [0.29, 0.717) is 0 Å². The highest BCUT2D eigenvalue weighted by Gasteiger charge is 2.61. The molecule has 0 radical (unpaired) electrons. The SMILES string of the molecule is O=C1C2CC=CC2C1(Cl)c1ccccc1. The Bertz CT molecular complexity index is 437. The van der Waals surface area contributed by atoms with E-state index in [1.165, 1.54) is 0 Å². The van der Waals surface area contributed by atoms with Gasteiger partial charge in [0.25, 0.3) is 0 Å². The van der Waals surface area contributed by atoms with Crippen molar-refractivity contribution >= 4 is 17.4 Å². The highest BCUT2D eigenvalue weighted by Crippen LogP contribution is 2.57. The third-order valence-electron chi connectivity index (χ3n) is 3.52. The van der Waals surface area contributed by atoms with Gasteiger partial charge in [-0.25, -0.2) is 0 Å². The molecule has 2 aliphatic carbocycles. The number of rotatable bonds is 1. The Balaban J connectivity index is 2.05. The molecule has 0 N–H and O–H groups in total. The van der Waals surface area contributed by atoms with Crippen LogP contribution in [-0.2, 0) is 9.67 Å². The first-order valence-electron chi connectivity index (χ1n) is 5.20. The van der Waals surface area contributed by atoms with E-state index in [9.17, 15) is 4.79 Å². The molecule has 2 aliphatic rings. The molecular formula is C13H11ClO. The fourth-order valence-corrected chi connectivity index (χ4v) is 3.18. The van der Waals surface area contributed by atoms with E-state index in [0.717, 1.165) is 12.0 Å². The van der Waals surface area contributed by atoms with E-state index < -0.39 is 4.87 Å². The van der Waals surface area contributed by atoms with Gasteiger partial charge >= 0.3 is 0 Å². The molecule has 0 heterocycles. The fraction of sp³-hybridized carbons (Fsp3) is 0.308. The molecular weight excluding hydrogens is 208 g/mol. The first kappa shape index (κ1) is 9.17. The van der Waals surface area contributed by atoms with Crippen molar-refractivity contribution in [2.75, 3.05) is 0 Å². The number of carbonyl (C=O) groups excluding carboxylic acids is 1. The van der Waals surface area contributed by atoms with Gasteiger partial charge in [-0.05, 0) is 12.0 Å². The molecule has 3 atom stereocenters. The first-order chi connectivity index (χ1) is 7.24. The van der Waals surface area contributed by atoms with Crippen molar-refractivity contribution in [1.29, 1.82) is 0 Å². The van der Waals surface area contributed by atoms with E-state index in [4.69, 9.17) is 11.6 Å². The average Bonchev–Trinajstić information content (AvgIpc) is 2.75. The Labute approximate surface area is 93.7 Å². The number of fused-ring (bicyclic) bond motifs is 1. The maximum atomic E-state index is 12.0. The molecule has 0 saturated heterocycles. The summed E-state index contributed by atoms with van der Waals surface area (Å²) in [6.07, 6.45) is 5.02. The zero-order chi connectivity index (χ0) is 10.5. The second kappa shape index (κ2) is 2.96. The number of alkyl halides is 1. The Morgan fingerprint density at radius 2 is 2.00 bits per heavy atom. The first-order valence-corrected chi connectivity index (χ1v) is 5.58. The summed E-state index contributed by atoms with van der Waals surface area (Å²) in [6, 6.07) is 9.67. The van der Waals surface area contributed by atoms with Gasteiger partial charge in [0.1, 0.15) is 4.87 Å². The summed E-state index contributed by atoms with van der Waals surface area (Å²) in [4.78, 5) is 11.2. The van der Waals surface area contributed by atoms with E-state index >= 15 is 0 Å². The van der Waals surface area contributed by atoms with Crippen LogP contribution in [0.1, 0.15) is 12.0 Å². The summed E-state index contributed by atoms with van der Waals surface area (Å²) < 4.78 is 0. The zero-order valence-electron chi connectivity index (χ0n) is 8.19. The van der Waals surface area contributed by atoms with Gasteiger partial charge in [0, 0.05) is 11.8 Å². The molecule has 0 amide bonds. The Kier molecular flexibility index (Phi) is 1.81. The predicted octanol–water partition coefficient (Wildman–Crippen LogP) is 2.90. The summed E-state index contributed by atoms with van der Waals surface area (Å²) >= 11 is 6.48. The quantitative estimate of drug-likeness (QED) is 0.523. The molecule has 1 aromatic rings. The van der Waals surface area contributed by atoms with Crippen LogP contribution in [-0.4, -0.2) is 5.78 Å². The van der Waals surface area contributed by atoms with Crippen LogP contribution in [0.2, 0.25) is 0 Å². The average molecular weight is 219 g/mol. The van der Waals surface area contributed by atoms with E-state index in [1.807, 2.05) is 30.3 Å². The molecule has 1 aromatic carbocycles. The van der Waals surface area contributed by atoms with Crippen LogP contribution in [0.5, 0.6) is 0 Å². The molecule has 1 nitrogen and oxygen atoms in total. The van der Waals surface area contributed by atoms with E-state index in [1.54, 1.807) is 0 Å². The fourth-order valence-electron chi connectivity index (χ4n) is 2.69. The van der Waals surface area contributed by atoms with Crippen LogP contribution < -0.4 is 0 Å².